The summed E-state index contributed by atoms with van der Waals surface area (Å²) < 4.78 is 36.4. The number of halogens is 3. The molecule has 86 valence electrons. The van der Waals surface area contributed by atoms with Gasteiger partial charge < -0.3 is 5.32 Å². The van der Waals surface area contributed by atoms with E-state index in [2.05, 4.69) is 5.32 Å². The van der Waals surface area contributed by atoms with Crippen molar-refractivity contribution in [2.45, 2.75) is 31.5 Å². The first-order chi connectivity index (χ1) is 7.01. The molecule has 1 N–H and O–H groups in total. The van der Waals surface area contributed by atoms with E-state index in [0.29, 0.717) is 12.8 Å². The molecule has 5 heteroatoms. The van der Waals surface area contributed by atoms with Crippen LogP contribution in [0, 0.1) is 0 Å². The van der Waals surface area contributed by atoms with Crippen molar-refractivity contribution in [3.05, 3.63) is 22.4 Å². The van der Waals surface area contributed by atoms with Gasteiger partial charge in [-0.3, -0.25) is 0 Å². The zero-order valence-corrected chi connectivity index (χ0v) is 9.29. The molecule has 1 nitrogen and oxygen atoms in total. The van der Waals surface area contributed by atoms with Gasteiger partial charge >= 0.3 is 6.18 Å². The van der Waals surface area contributed by atoms with E-state index in [-0.39, 0.29) is 0 Å². The molecule has 1 aromatic heterocycles. The first kappa shape index (κ1) is 12.5. The third-order valence-electron chi connectivity index (χ3n) is 2.25. The van der Waals surface area contributed by atoms with Gasteiger partial charge in [0, 0.05) is 6.04 Å². The Morgan fingerprint density at radius 3 is 2.67 bits per heavy atom. The zero-order chi connectivity index (χ0) is 11.3. The van der Waals surface area contributed by atoms with Crippen LogP contribution < -0.4 is 5.32 Å². The van der Waals surface area contributed by atoms with Crippen LogP contribution in [-0.2, 0) is 6.42 Å². The maximum Gasteiger partial charge on any atom is 0.390 e. The molecular formula is C10H14F3NS. The maximum absolute atomic E-state index is 12.1. The lowest BCUT2D eigenvalue weighted by molar-refractivity contribution is -0.140. The van der Waals surface area contributed by atoms with Crippen LogP contribution in [0.2, 0.25) is 0 Å². The number of alkyl halides is 3. The van der Waals surface area contributed by atoms with E-state index < -0.39 is 18.6 Å². The molecule has 0 saturated carbocycles. The Balaban J connectivity index is 2.34. The molecule has 1 unspecified atom stereocenters. The lowest BCUT2D eigenvalue weighted by Crippen LogP contribution is -2.31. The molecule has 0 saturated heterocycles. The molecule has 1 heterocycles. The Kier molecular flexibility index (Phi) is 4.60. The molecule has 0 aliphatic heterocycles. The van der Waals surface area contributed by atoms with Crippen molar-refractivity contribution in [1.82, 2.24) is 5.32 Å². The smallest absolute Gasteiger partial charge is 0.317 e. The molecule has 0 amide bonds. The highest BCUT2D eigenvalue weighted by atomic mass is 32.1. The highest BCUT2D eigenvalue weighted by Crippen LogP contribution is 2.23. The van der Waals surface area contributed by atoms with E-state index in [0.717, 1.165) is 5.56 Å². The van der Waals surface area contributed by atoms with Gasteiger partial charge in [-0.2, -0.15) is 24.5 Å². The highest BCUT2D eigenvalue weighted by Gasteiger charge is 2.30. The van der Waals surface area contributed by atoms with Crippen LogP contribution >= 0.6 is 11.3 Å². The van der Waals surface area contributed by atoms with Crippen molar-refractivity contribution >= 4 is 11.3 Å². The number of aryl methyl sites for hydroxylation is 1. The van der Waals surface area contributed by atoms with Crippen molar-refractivity contribution in [1.29, 1.82) is 0 Å². The van der Waals surface area contributed by atoms with Gasteiger partial charge in [0.1, 0.15) is 0 Å². The Labute approximate surface area is 91.3 Å². The molecule has 1 aromatic rings. The van der Waals surface area contributed by atoms with Gasteiger partial charge in [0.2, 0.25) is 0 Å². The van der Waals surface area contributed by atoms with Crippen molar-refractivity contribution in [3.63, 3.8) is 0 Å². The van der Waals surface area contributed by atoms with Gasteiger partial charge in [0.25, 0.3) is 0 Å². The largest absolute Gasteiger partial charge is 0.390 e. The minimum atomic E-state index is -4.08. The number of nitrogens with one attached hydrogen (secondary N) is 1. The first-order valence-corrected chi connectivity index (χ1v) is 5.70. The number of hydrogen-bond acceptors (Lipinski definition) is 2. The lowest BCUT2D eigenvalue weighted by Gasteiger charge is -2.17. The number of hydrogen-bond donors (Lipinski definition) is 1. The van der Waals surface area contributed by atoms with E-state index in [1.54, 1.807) is 18.4 Å². The van der Waals surface area contributed by atoms with Crippen LogP contribution in [0.25, 0.3) is 0 Å². The fourth-order valence-corrected chi connectivity index (χ4v) is 2.11. The second kappa shape index (κ2) is 5.51. The first-order valence-electron chi connectivity index (χ1n) is 4.76. The van der Waals surface area contributed by atoms with Crippen molar-refractivity contribution in [2.24, 2.45) is 0 Å². The fourth-order valence-electron chi connectivity index (χ4n) is 1.40. The summed E-state index contributed by atoms with van der Waals surface area (Å²) in [6, 6.07) is 1.47. The van der Waals surface area contributed by atoms with Gasteiger partial charge in [-0.1, -0.05) is 0 Å². The Bertz CT molecular complexity index is 269. The summed E-state index contributed by atoms with van der Waals surface area (Å²) in [6.07, 6.45) is -3.62. The molecule has 1 atom stereocenters. The molecule has 0 aromatic carbocycles. The number of rotatable bonds is 5. The SMILES string of the molecule is CNC(CCc1ccsc1)CC(F)(F)F. The van der Waals surface area contributed by atoms with Crippen molar-refractivity contribution in [3.8, 4) is 0 Å². The van der Waals surface area contributed by atoms with Crippen LogP contribution in [0.5, 0.6) is 0 Å². The second-order valence-corrected chi connectivity index (χ2v) is 4.26. The molecule has 0 aliphatic carbocycles. The topological polar surface area (TPSA) is 12.0 Å². The summed E-state index contributed by atoms with van der Waals surface area (Å²) >= 11 is 1.57. The summed E-state index contributed by atoms with van der Waals surface area (Å²) in [6.45, 7) is 0. The summed E-state index contributed by atoms with van der Waals surface area (Å²) in [5.41, 5.74) is 1.11. The summed E-state index contributed by atoms with van der Waals surface area (Å²) in [5, 5.41) is 6.61. The third kappa shape index (κ3) is 5.18. The molecule has 0 aliphatic rings. The van der Waals surface area contributed by atoms with E-state index in [1.165, 1.54) is 0 Å². The van der Waals surface area contributed by atoms with Crippen LogP contribution in [0.4, 0.5) is 13.2 Å². The zero-order valence-electron chi connectivity index (χ0n) is 8.47. The minimum Gasteiger partial charge on any atom is -0.317 e. The van der Waals surface area contributed by atoms with E-state index >= 15 is 0 Å². The maximum atomic E-state index is 12.1. The Hall–Kier alpha value is -0.550. The van der Waals surface area contributed by atoms with Gasteiger partial charge in [-0.25, -0.2) is 0 Å². The van der Waals surface area contributed by atoms with Crippen LogP contribution in [0.3, 0.4) is 0 Å². The van der Waals surface area contributed by atoms with E-state index in [9.17, 15) is 13.2 Å². The Morgan fingerprint density at radius 1 is 1.47 bits per heavy atom. The quantitative estimate of drug-likeness (QED) is 0.829. The summed E-state index contributed by atoms with van der Waals surface area (Å²) in [5.74, 6) is 0. The molecular weight excluding hydrogens is 223 g/mol. The molecule has 1 rings (SSSR count). The van der Waals surface area contributed by atoms with Gasteiger partial charge in [-0.05, 0) is 42.3 Å². The third-order valence-corrected chi connectivity index (χ3v) is 2.98. The van der Waals surface area contributed by atoms with Gasteiger partial charge in [-0.15, -0.1) is 0 Å². The number of thiophene rings is 1. The Morgan fingerprint density at radius 2 is 2.20 bits per heavy atom. The van der Waals surface area contributed by atoms with Crippen LogP contribution in [-0.4, -0.2) is 19.3 Å². The average Bonchev–Trinajstić information content (AvgIpc) is 2.62. The molecule has 0 bridgehead atoms. The van der Waals surface area contributed by atoms with Crippen LogP contribution in [0.1, 0.15) is 18.4 Å². The standard InChI is InChI=1S/C10H14F3NS/c1-14-9(6-10(11,12)13)3-2-8-4-5-15-7-8/h4-5,7,9,14H,2-3,6H2,1H3. The predicted octanol–water partition coefficient (Wildman–Crippen LogP) is 3.22. The predicted molar refractivity (Wildman–Crippen MR) is 56.2 cm³/mol. The summed E-state index contributed by atoms with van der Waals surface area (Å²) in [4.78, 5) is 0. The summed E-state index contributed by atoms with van der Waals surface area (Å²) in [7, 11) is 1.57. The molecule has 0 spiro atoms. The monoisotopic (exact) mass is 237 g/mol. The molecule has 0 fully saturated rings. The van der Waals surface area contributed by atoms with Crippen LogP contribution in [0.15, 0.2) is 16.8 Å². The highest BCUT2D eigenvalue weighted by molar-refractivity contribution is 7.07. The molecule has 15 heavy (non-hydrogen) atoms. The van der Waals surface area contributed by atoms with Gasteiger partial charge in [0.05, 0.1) is 6.42 Å². The minimum absolute atomic E-state index is 0.482. The normalized spacial score (nSPS) is 14.1. The second-order valence-electron chi connectivity index (χ2n) is 3.48. The van der Waals surface area contributed by atoms with Gasteiger partial charge in [0.15, 0.2) is 0 Å². The lowest BCUT2D eigenvalue weighted by atomic mass is 10.1. The van der Waals surface area contributed by atoms with Crippen molar-refractivity contribution in [2.75, 3.05) is 7.05 Å². The van der Waals surface area contributed by atoms with Crippen molar-refractivity contribution < 1.29 is 13.2 Å². The molecule has 0 radical (unpaired) electrons. The van der Waals surface area contributed by atoms with E-state index in [1.807, 2.05) is 16.8 Å². The average molecular weight is 237 g/mol. The van der Waals surface area contributed by atoms with E-state index in [4.69, 9.17) is 0 Å². The fraction of sp³-hybridized carbons (Fsp3) is 0.600.